The van der Waals surface area contributed by atoms with Crippen molar-refractivity contribution in [2.75, 3.05) is 13.1 Å². The van der Waals surface area contributed by atoms with Gasteiger partial charge in [0.25, 0.3) is 0 Å². The molecule has 1 aliphatic heterocycles. The molecule has 104 valence electrons. The van der Waals surface area contributed by atoms with Crippen molar-refractivity contribution < 1.29 is 0 Å². The van der Waals surface area contributed by atoms with Gasteiger partial charge in [0.05, 0.1) is 0 Å². The Morgan fingerprint density at radius 2 is 1.70 bits per heavy atom. The van der Waals surface area contributed by atoms with Crippen molar-refractivity contribution in [2.24, 2.45) is 5.73 Å². The number of benzene rings is 2. The van der Waals surface area contributed by atoms with E-state index in [0.717, 1.165) is 24.7 Å². The molecular formula is C17H19ClN2. The summed E-state index contributed by atoms with van der Waals surface area (Å²) in [6, 6.07) is 18.8. The molecule has 0 aliphatic carbocycles. The predicted molar refractivity (Wildman–Crippen MR) is 83.9 cm³/mol. The largest absolute Gasteiger partial charge is 0.326 e. The summed E-state index contributed by atoms with van der Waals surface area (Å²) in [6.07, 6.45) is 0. The van der Waals surface area contributed by atoms with E-state index >= 15 is 0 Å². The van der Waals surface area contributed by atoms with E-state index in [1.54, 1.807) is 0 Å². The number of halogens is 1. The summed E-state index contributed by atoms with van der Waals surface area (Å²) in [4.78, 5) is 2.43. The van der Waals surface area contributed by atoms with Crippen LogP contribution in [0.15, 0.2) is 54.6 Å². The van der Waals surface area contributed by atoms with E-state index in [2.05, 4.69) is 47.4 Å². The average molecular weight is 287 g/mol. The van der Waals surface area contributed by atoms with E-state index in [1.807, 2.05) is 12.1 Å². The lowest BCUT2D eigenvalue weighted by atomic mass is 9.95. The SMILES string of the molecule is N[C@@H]1CN(Cc2ccccc2)C[C@H]1c1ccc(Cl)cc1. The fraction of sp³-hybridized carbons (Fsp3) is 0.294. The summed E-state index contributed by atoms with van der Waals surface area (Å²) in [7, 11) is 0. The number of hydrogen-bond acceptors (Lipinski definition) is 2. The third kappa shape index (κ3) is 3.04. The number of rotatable bonds is 3. The van der Waals surface area contributed by atoms with Crippen molar-refractivity contribution in [3.63, 3.8) is 0 Å². The molecule has 2 aromatic rings. The smallest absolute Gasteiger partial charge is 0.0406 e. The van der Waals surface area contributed by atoms with Crippen LogP contribution in [0.25, 0.3) is 0 Å². The van der Waals surface area contributed by atoms with Crippen molar-refractivity contribution in [1.29, 1.82) is 0 Å². The molecule has 2 N–H and O–H groups in total. The topological polar surface area (TPSA) is 29.3 Å². The van der Waals surface area contributed by atoms with Crippen LogP contribution in [0.1, 0.15) is 17.0 Å². The fourth-order valence-electron chi connectivity index (χ4n) is 2.95. The summed E-state index contributed by atoms with van der Waals surface area (Å²) < 4.78 is 0. The van der Waals surface area contributed by atoms with Crippen molar-refractivity contribution in [3.05, 3.63) is 70.7 Å². The average Bonchev–Trinajstić information content (AvgIpc) is 2.81. The van der Waals surface area contributed by atoms with E-state index in [4.69, 9.17) is 17.3 Å². The molecule has 0 amide bonds. The Morgan fingerprint density at radius 1 is 1.00 bits per heavy atom. The van der Waals surface area contributed by atoms with Crippen LogP contribution in [0.4, 0.5) is 0 Å². The van der Waals surface area contributed by atoms with Gasteiger partial charge in [0.1, 0.15) is 0 Å². The van der Waals surface area contributed by atoms with Crippen molar-refractivity contribution in [3.8, 4) is 0 Å². The van der Waals surface area contributed by atoms with Gasteiger partial charge in [-0.2, -0.15) is 0 Å². The van der Waals surface area contributed by atoms with Crippen LogP contribution in [0.2, 0.25) is 5.02 Å². The van der Waals surface area contributed by atoms with Crippen LogP contribution < -0.4 is 5.73 Å². The minimum atomic E-state index is 0.194. The first-order valence-electron chi connectivity index (χ1n) is 7.00. The molecule has 3 rings (SSSR count). The van der Waals surface area contributed by atoms with E-state index in [0.29, 0.717) is 5.92 Å². The lowest BCUT2D eigenvalue weighted by Crippen LogP contribution is -2.28. The molecule has 0 radical (unpaired) electrons. The Bertz CT molecular complexity index is 553. The van der Waals surface area contributed by atoms with Crippen LogP contribution in [0, 0.1) is 0 Å². The summed E-state index contributed by atoms with van der Waals surface area (Å²) in [5.41, 5.74) is 8.95. The summed E-state index contributed by atoms with van der Waals surface area (Å²) in [5.74, 6) is 0.399. The molecule has 3 heteroatoms. The number of nitrogens with two attached hydrogens (primary N) is 1. The van der Waals surface area contributed by atoms with E-state index in [1.165, 1.54) is 11.1 Å². The highest BCUT2D eigenvalue weighted by molar-refractivity contribution is 6.30. The summed E-state index contributed by atoms with van der Waals surface area (Å²) in [5, 5.41) is 0.779. The summed E-state index contributed by atoms with van der Waals surface area (Å²) in [6.45, 7) is 2.93. The molecule has 1 heterocycles. The maximum atomic E-state index is 6.32. The molecule has 0 unspecified atom stereocenters. The molecule has 0 aromatic heterocycles. The van der Waals surface area contributed by atoms with E-state index < -0.39 is 0 Å². The van der Waals surface area contributed by atoms with Crippen LogP contribution >= 0.6 is 11.6 Å². The zero-order valence-electron chi connectivity index (χ0n) is 11.4. The maximum absolute atomic E-state index is 6.32. The minimum absolute atomic E-state index is 0.194. The lowest BCUT2D eigenvalue weighted by Gasteiger charge is -2.16. The molecule has 2 atom stereocenters. The zero-order chi connectivity index (χ0) is 13.9. The standard InChI is InChI=1S/C17H19ClN2/c18-15-8-6-14(7-9-15)16-11-20(12-17(16)19)10-13-4-2-1-3-5-13/h1-9,16-17H,10-12,19H2/t16-,17+/m0/s1. The van der Waals surface area contributed by atoms with Crippen molar-refractivity contribution >= 4 is 11.6 Å². The molecule has 1 fully saturated rings. The highest BCUT2D eigenvalue weighted by Gasteiger charge is 2.30. The fourth-order valence-corrected chi connectivity index (χ4v) is 3.07. The Hall–Kier alpha value is -1.35. The minimum Gasteiger partial charge on any atom is -0.326 e. The lowest BCUT2D eigenvalue weighted by molar-refractivity contribution is 0.324. The number of likely N-dealkylation sites (tertiary alicyclic amines) is 1. The van der Waals surface area contributed by atoms with E-state index in [9.17, 15) is 0 Å². The van der Waals surface area contributed by atoms with Gasteiger partial charge in [0.15, 0.2) is 0 Å². The highest BCUT2D eigenvalue weighted by Crippen LogP contribution is 2.28. The van der Waals surface area contributed by atoms with Gasteiger partial charge < -0.3 is 5.73 Å². The van der Waals surface area contributed by atoms with Gasteiger partial charge in [-0.1, -0.05) is 54.1 Å². The van der Waals surface area contributed by atoms with Crippen molar-refractivity contribution in [1.82, 2.24) is 4.90 Å². The molecule has 2 aromatic carbocycles. The van der Waals surface area contributed by atoms with E-state index in [-0.39, 0.29) is 6.04 Å². The zero-order valence-corrected chi connectivity index (χ0v) is 12.1. The maximum Gasteiger partial charge on any atom is 0.0406 e. The third-order valence-electron chi connectivity index (χ3n) is 3.99. The van der Waals surface area contributed by atoms with Crippen LogP contribution in [-0.2, 0) is 6.54 Å². The molecule has 1 aliphatic rings. The van der Waals surface area contributed by atoms with Gasteiger partial charge >= 0.3 is 0 Å². The first-order valence-corrected chi connectivity index (χ1v) is 7.37. The Balaban J connectivity index is 1.69. The van der Waals surface area contributed by atoms with Gasteiger partial charge in [-0.25, -0.2) is 0 Å². The Morgan fingerprint density at radius 3 is 2.40 bits per heavy atom. The Labute approximate surface area is 125 Å². The number of hydrogen-bond donors (Lipinski definition) is 1. The number of nitrogens with zero attached hydrogens (tertiary/aromatic N) is 1. The molecule has 2 nitrogen and oxygen atoms in total. The molecule has 20 heavy (non-hydrogen) atoms. The first-order chi connectivity index (χ1) is 9.72. The predicted octanol–water partition coefficient (Wildman–Crippen LogP) is 3.27. The van der Waals surface area contributed by atoms with Gasteiger partial charge in [-0.15, -0.1) is 0 Å². The molecular weight excluding hydrogens is 268 g/mol. The highest BCUT2D eigenvalue weighted by atomic mass is 35.5. The van der Waals surface area contributed by atoms with Crippen LogP contribution in [0.3, 0.4) is 0 Å². The van der Waals surface area contributed by atoms with Crippen LogP contribution in [0.5, 0.6) is 0 Å². The quantitative estimate of drug-likeness (QED) is 0.938. The van der Waals surface area contributed by atoms with Gasteiger partial charge in [0.2, 0.25) is 0 Å². The normalized spacial score (nSPS) is 23.1. The second-order valence-corrected chi connectivity index (χ2v) is 5.94. The third-order valence-corrected chi connectivity index (χ3v) is 4.24. The molecule has 0 spiro atoms. The summed E-state index contributed by atoms with van der Waals surface area (Å²) >= 11 is 5.95. The molecule has 0 bridgehead atoms. The molecule has 1 saturated heterocycles. The van der Waals surface area contributed by atoms with Crippen LogP contribution in [-0.4, -0.2) is 24.0 Å². The van der Waals surface area contributed by atoms with Gasteiger partial charge in [-0.05, 0) is 23.3 Å². The van der Waals surface area contributed by atoms with Gasteiger partial charge in [-0.3, -0.25) is 4.90 Å². The Kier molecular flexibility index (Phi) is 4.06. The monoisotopic (exact) mass is 286 g/mol. The second-order valence-electron chi connectivity index (χ2n) is 5.50. The van der Waals surface area contributed by atoms with Gasteiger partial charge in [0, 0.05) is 36.6 Å². The van der Waals surface area contributed by atoms with Crippen molar-refractivity contribution in [2.45, 2.75) is 18.5 Å². The first kappa shape index (κ1) is 13.6. The molecule has 0 saturated carbocycles. The second kappa shape index (κ2) is 5.96.